The fourth-order valence-corrected chi connectivity index (χ4v) is 1.74. The van der Waals surface area contributed by atoms with Crippen LogP contribution in [0.3, 0.4) is 0 Å². The van der Waals surface area contributed by atoms with E-state index >= 15 is 0 Å². The maximum atomic E-state index is 12.9. The normalized spacial score (nSPS) is 11.0. The van der Waals surface area contributed by atoms with E-state index in [0.29, 0.717) is 21.2 Å². The number of hydrogen-bond donors (Lipinski definition) is 1. The van der Waals surface area contributed by atoms with E-state index in [-0.39, 0.29) is 12.4 Å². The Morgan fingerprint density at radius 3 is 2.85 bits per heavy atom. The quantitative estimate of drug-likeness (QED) is 0.837. The second-order valence-corrected chi connectivity index (χ2v) is 3.53. The average Bonchev–Trinajstić information content (AvgIpc) is 2.47. The van der Waals surface area contributed by atoms with Crippen molar-refractivity contribution in [1.82, 2.24) is 0 Å². The molecule has 0 saturated heterocycles. The summed E-state index contributed by atoms with van der Waals surface area (Å²) < 4.78 is 18.7. The molecule has 0 aliphatic carbocycles. The topological polar surface area (TPSA) is 33.4 Å². The van der Waals surface area contributed by atoms with Gasteiger partial charge in [-0.1, -0.05) is 0 Å². The van der Waals surface area contributed by atoms with Crippen molar-refractivity contribution in [2.24, 2.45) is 0 Å². The zero-order chi connectivity index (χ0) is 9.42. The van der Waals surface area contributed by atoms with Gasteiger partial charge >= 0.3 is 0 Å². The van der Waals surface area contributed by atoms with E-state index in [0.717, 1.165) is 0 Å². The molecule has 1 N–H and O–H groups in total. The summed E-state index contributed by atoms with van der Waals surface area (Å²) in [5, 5.41) is 9.45. The molecule has 0 aliphatic heterocycles. The smallest absolute Gasteiger partial charge is 0.148 e. The summed E-state index contributed by atoms with van der Waals surface area (Å²) in [7, 11) is 0. The molecule has 0 bridgehead atoms. The van der Waals surface area contributed by atoms with Crippen LogP contribution < -0.4 is 0 Å². The Kier molecular flexibility index (Phi) is 2.09. The fraction of sp³-hybridized carbons (Fsp3) is 0.111. The molecular formula is C9H6BrFO2. The molecule has 2 aromatic rings. The van der Waals surface area contributed by atoms with Gasteiger partial charge < -0.3 is 9.52 Å². The van der Waals surface area contributed by atoms with E-state index in [1.807, 2.05) is 0 Å². The first-order valence-corrected chi connectivity index (χ1v) is 4.48. The SMILES string of the molecule is OCc1cc2cc(F)cc(Br)c2o1. The third-order valence-electron chi connectivity index (χ3n) is 1.74. The number of furan rings is 1. The van der Waals surface area contributed by atoms with Crippen LogP contribution in [0.2, 0.25) is 0 Å². The van der Waals surface area contributed by atoms with Gasteiger partial charge in [0.05, 0.1) is 4.47 Å². The van der Waals surface area contributed by atoms with Crippen LogP contribution in [0.15, 0.2) is 27.1 Å². The van der Waals surface area contributed by atoms with Gasteiger partial charge in [0.2, 0.25) is 0 Å². The molecule has 4 heteroatoms. The Bertz CT molecular complexity index is 450. The molecule has 0 spiro atoms. The van der Waals surface area contributed by atoms with Gasteiger partial charge in [0.25, 0.3) is 0 Å². The van der Waals surface area contributed by atoms with Gasteiger partial charge in [-0.25, -0.2) is 4.39 Å². The number of halogens is 2. The Morgan fingerprint density at radius 2 is 2.15 bits per heavy atom. The Hall–Kier alpha value is -0.870. The number of rotatable bonds is 1. The minimum Gasteiger partial charge on any atom is -0.457 e. The zero-order valence-electron chi connectivity index (χ0n) is 6.55. The van der Waals surface area contributed by atoms with Gasteiger partial charge in [0.1, 0.15) is 23.8 Å². The van der Waals surface area contributed by atoms with Crippen molar-refractivity contribution < 1.29 is 13.9 Å². The molecule has 0 amide bonds. The van der Waals surface area contributed by atoms with Gasteiger partial charge in [0.15, 0.2) is 0 Å². The van der Waals surface area contributed by atoms with E-state index in [1.165, 1.54) is 12.1 Å². The van der Waals surface area contributed by atoms with E-state index in [9.17, 15) is 4.39 Å². The van der Waals surface area contributed by atoms with Gasteiger partial charge in [0, 0.05) is 5.39 Å². The van der Waals surface area contributed by atoms with Gasteiger partial charge in [-0.15, -0.1) is 0 Å². The maximum Gasteiger partial charge on any atom is 0.148 e. The second-order valence-electron chi connectivity index (χ2n) is 2.68. The summed E-state index contributed by atoms with van der Waals surface area (Å²) in [5.74, 6) is 0.103. The maximum absolute atomic E-state index is 12.9. The molecule has 0 aliphatic rings. The number of fused-ring (bicyclic) bond motifs is 1. The summed E-state index contributed by atoms with van der Waals surface area (Å²) in [4.78, 5) is 0. The van der Waals surface area contributed by atoms with Crippen molar-refractivity contribution in [3.05, 3.63) is 34.2 Å². The van der Waals surface area contributed by atoms with E-state index in [1.54, 1.807) is 6.07 Å². The van der Waals surface area contributed by atoms with Gasteiger partial charge in [-0.05, 0) is 34.1 Å². The van der Waals surface area contributed by atoms with Crippen LogP contribution in [-0.2, 0) is 6.61 Å². The highest BCUT2D eigenvalue weighted by atomic mass is 79.9. The molecule has 1 aromatic heterocycles. The molecule has 68 valence electrons. The van der Waals surface area contributed by atoms with Crippen LogP contribution in [0.25, 0.3) is 11.0 Å². The summed E-state index contributed by atoms with van der Waals surface area (Å²) in [6.45, 7) is -0.178. The predicted octanol–water partition coefficient (Wildman–Crippen LogP) is 2.83. The molecule has 0 atom stereocenters. The minimum atomic E-state index is -0.329. The van der Waals surface area contributed by atoms with Crippen LogP contribution in [0, 0.1) is 5.82 Å². The number of benzene rings is 1. The molecule has 1 aromatic carbocycles. The van der Waals surface area contributed by atoms with Crippen molar-refractivity contribution in [2.45, 2.75) is 6.61 Å². The van der Waals surface area contributed by atoms with Crippen LogP contribution >= 0.6 is 15.9 Å². The highest BCUT2D eigenvalue weighted by molar-refractivity contribution is 9.10. The monoisotopic (exact) mass is 244 g/mol. The van der Waals surface area contributed by atoms with Crippen molar-refractivity contribution in [1.29, 1.82) is 0 Å². The highest BCUT2D eigenvalue weighted by Gasteiger charge is 2.07. The van der Waals surface area contributed by atoms with Crippen molar-refractivity contribution in [2.75, 3.05) is 0 Å². The standard InChI is InChI=1S/C9H6BrFO2/c10-8-3-6(11)1-5-2-7(4-12)13-9(5)8/h1-3,12H,4H2. The minimum absolute atomic E-state index is 0.178. The summed E-state index contributed by atoms with van der Waals surface area (Å²) in [6.07, 6.45) is 0. The summed E-state index contributed by atoms with van der Waals surface area (Å²) in [6, 6.07) is 4.30. The van der Waals surface area contributed by atoms with Gasteiger partial charge in [-0.3, -0.25) is 0 Å². The van der Waals surface area contributed by atoms with Crippen LogP contribution in [0.1, 0.15) is 5.76 Å². The largest absolute Gasteiger partial charge is 0.457 e. The Morgan fingerprint density at radius 1 is 1.38 bits per heavy atom. The molecule has 2 rings (SSSR count). The molecule has 1 heterocycles. The van der Waals surface area contributed by atoms with Crippen molar-refractivity contribution in [3.63, 3.8) is 0 Å². The molecule has 2 nitrogen and oxygen atoms in total. The van der Waals surface area contributed by atoms with Crippen LogP contribution in [0.4, 0.5) is 4.39 Å². The molecule has 0 saturated carbocycles. The summed E-state index contributed by atoms with van der Waals surface area (Å²) in [5.41, 5.74) is 0.561. The van der Waals surface area contributed by atoms with Crippen LogP contribution in [-0.4, -0.2) is 5.11 Å². The third kappa shape index (κ3) is 1.47. The lowest BCUT2D eigenvalue weighted by atomic mass is 10.2. The van der Waals surface area contributed by atoms with Crippen LogP contribution in [0.5, 0.6) is 0 Å². The lowest BCUT2D eigenvalue weighted by Crippen LogP contribution is -1.73. The Balaban J connectivity index is 2.75. The lowest BCUT2D eigenvalue weighted by Gasteiger charge is -1.92. The molecule has 0 unspecified atom stereocenters. The number of aliphatic hydroxyl groups excluding tert-OH is 1. The van der Waals surface area contributed by atoms with E-state index < -0.39 is 0 Å². The average molecular weight is 245 g/mol. The molecular weight excluding hydrogens is 239 g/mol. The first kappa shape index (κ1) is 8.72. The lowest BCUT2D eigenvalue weighted by molar-refractivity contribution is 0.251. The molecule has 0 radical (unpaired) electrons. The number of hydrogen-bond acceptors (Lipinski definition) is 2. The summed E-state index contributed by atoms with van der Waals surface area (Å²) >= 11 is 3.17. The molecule has 0 fully saturated rings. The predicted molar refractivity (Wildman–Crippen MR) is 49.8 cm³/mol. The third-order valence-corrected chi connectivity index (χ3v) is 2.33. The second kappa shape index (κ2) is 3.12. The van der Waals surface area contributed by atoms with Gasteiger partial charge in [-0.2, -0.15) is 0 Å². The first-order valence-electron chi connectivity index (χ1n) is 3.69. The van der Waals surface area contributed by atoms with E-state index in [4.69, 9.17) is 9.52 Å². The highest BCUT2D eigenvalue weighted by Crippen LogP contribution is 2.28. The Labute approximate surface area is 82.1 Å². The van der Waals surface area contributed by atoms with Crippen molar-refractivity contribution in [3.8, 4) is 0 Å². The number of aliphatic hydroxyl groups is 1. The fourth-order valence-electron chi connectivity index (χ4n) is 1.21. The van der Waals surface area contributed by atoms with Crippen molar-refractivity contribution >= 4 is 26.9 Å². The van der Waals surface area contributed by atoms with E-state index in [2.05, 4.69) is 15.9 Å². The first-order chi connectivity index (χ1) is 6.20. The molecule has 13 heavy (non-hydrogen) atoms. The zero-order valence-corrected chi connectivity index (χ0v) is 8.14.